The molecule has 1 aromatic heterocycles. The van der Waals surface area contributed by atoms with Gasteiger partial charge in [-0.05, 0) is 22.8 Å². The highest BCUT2D eigenvalue weighted by molar-refractivity contribution is 5.85. The molecule has 0 saturated heterocycles. The van der Waals surface area contributed by atoms with Gasteiger partial charge in [0.1, 0.15) is 0 Å². The predicted octanol–water partition coefficient (Wildman–Crippen LogP) is 2.82. The normalized spacial score (nSPS) is 12.7. The standard InChI is InChI=1S/C16H17N3/c1-19-11-18-10-16(19)15(17)9-13-7-4-6-12-5-2-3-8-14(12)13/h2-8,10-11,15H,9,17H2,1H3. The molecule has 96 valence electrons. The van der Waals surface area contributed by atoms with Crippen LogP contribution in [0, 0.1) is 0 Å². The number of hydrogen-bond donors (Lipinski definition) is 1. The van der Waals surface area contributed by atoms with E-state index in [1.165, 1.54) is 16.3 Å². The lowest BCUT2D eigenvalue weighted by Gasteiger charge is -2.14. The van der Waals surface area contributed by atoms with Gasteiger partial charge < -0.3 is 10.3 Å². The Hall–Kier alpha value is -2.13. The fraction of sp³-hybridized carbons (Fsp3) is 0.188. The first-order chi connectivity index (χ1) is 9.25. The van der Waals surface area contributed by atoms with Gasteiger partial charge in [-0.15, -0.1) is 0 Å². The number of nitrogens with two attached hydrogens (primary N) is 1. The second-order valence-electron chi connectivity index (χ2n) is 4.88. The molecule has 0 bridgehead atoms. The Bertz CT molecular complexity index is 695. The Labute approximate surface area is 112 Å². The Kier molecular flexibility index (Phi) is 3.05. The van der Waals surface area contributed by atoms with Crippen molar-refractivity contribution in [2.45, 2.75) is 12.5 Å². The van der Waals surface area contributed by atoms with Crippen LogP contribution in [-0.2, 0) is 13.5 Å². The summed E-state index contributed by atoms with van der Waals surface area (Å²) in [5.41, 5.74) is 8.65. The maximum absolute atomic E-state index is 6.30. The zero-order chi connectivity index (χ0) is 13.2. The van der Waals surface area contributed by atoms with E-state index in [0.29, 0.717) is 0 Å². The molecule has 1 unspecified atom stereocenters. The molecule has 1 heterocycles. The topological polar surface area (TPSA) is 43.8 Å². The molecule has 0 aliphatic heterocycles. The van der Waals surface area contributed by atoms with Crippen molar-refractivity contribution in [3.8, 4) is 0 Å². The molecule has 3 aromatic rings. The summed E-state index contributed by atoms with van der Waals surface area (Å²) in [5.74, 6) is 0. The fourth-order valence-corrected chi connectivity index (χ4v) is 2.54. The van der Waals surface area contributed by atoms with Crippen molar-refractivity contribution >= 4 is 10.8 Å². The zero-order valence-electron chi connectivity index (χ0n) is 11.0. The van der Waals surface area contributed by atoms with Crippen molar-refractivity contribution in [3.63, 3.8) is 0 Å². The van der Waals surface area contributed by atoms with Gasteiger partial charge in [0.2, 0.25) is 0 Å². The van der Waals surface area contributed by atoms with Gasteiger partial charge in [-0.1, -0.05) is 42.5 Å². The van der Waals surface area contributed by atoms with Crippen molar-refractivity contribution in [1.29, 1.82) is 0 Å². The SMILES string of the molecule is Cn1cncc1C(N)Cc1cccc2ccccc12. The van der Waals surface area contributed by atoms with E-state index >= 15 is 0 Å². The molecule has 2 aromatic carbocycles. The molecule has 19 heavy (non-hydrogen) atoms. The molecule has 0 amide bonds. The molecule has 0 aliphatic carbocycles. The second-order valence-corrected chi connectivity index (χ2v) is 4.88. The highest BCUT2D eigenvalue weighted by Crippen LogP contribution is 2.23. The van der Waals surface area contributed by atoms with Crippen molar-refractivity contribution in [2.24, 2.45) is 12.8 Å². The molecule has 1 atom stereocenters. The van der Waals surface area contributed by atoms with Gasteiger partial charge in [0.15, 0.2) is 0 Å². The summed E-state index contributed by atoms with van der Waals surface area (Å²) in [6.07, 6.45) is 4.45. The first-order valence-electron chi connectivity index (χ1n) is 6.44. The van der Waals surface area contributed by atoms with Gasteiger partial charge in [-0.3, -0.25) is 0 Å². The molecule has 0 saturated carbocycles. The number of nitrogens with zero attached hydrogens (tertiary/aromatic N) is 2. The minimum atomic E-state index is -0.0293. The van der Waals surface area contributed by atoms with E-state index < -0.39 is 0 Å². The van der Waals surface area contributed by atoms with Crippen LogP contribution >= 0.6 is 0 Å². The van der Waals surface area contributed by atoms with Crippen LogP contribution in [0.4, 0.5) is 0 Å². The molecule has 0 fully saturated rings. The molecule has 2 N–H and O–H groups in total. The Morgan fingerprint density at radius 1 is 1.16 bits per heavy atom. The number of aryl methyl sites for hydroxylation is 1. The summed E-state index contributed by atoms with van der Waals surface area (Å²) in [6, 6.07) is 14.8. The summed E-state index contributed by atoms with van der Waals surface area (Å²) in [4.78, 5) is 4.13. The van der Waals surface area contributed by atoms with Gasteiger partial charge in [0.25, 0.3) is 0 Å². The second kappa shape index (κ2) is 4.86. The van der Waals surface area contributed by atoms with Gasteiger partial charge >= 0.3 is 0 Å². The highest BCUT2D eigenvalue weighted by Gasteiger charge is 2.12. The maximum Gasteiger partial charge on any atom is 0.0946 e. The lowest BCUT2D eigenvalue weighted by Crippen LogP contribution is -2.16. The van der Waals surface area contributed by atoms with E-state index in [4.69, 9.17) is 5.73 Å². The van der Waals surface area contributed by atoms with Crippen LogP contribution in [0.2, 0.25) is 0 Å². The number of aromatic nitrogens is 2. The van der Waals surface area contributed by atoms with Crippen LogP contribution in [-0.4, -0.2) is 9.55 Å². The van der Waals surface area contributed by atoms with Gasteiger partial charge in [0.05, 0.1) is 18.1 Å². The monoisotopic (exact) mass is 251 g/mol. The summed E-state index contributed by atoms with van der Waals surface area (Å²) in [5, 5.41) is 2.54. The lowest BCUT2D eigenvalue weighted by molar-refractivity contribution is 0.658. The largest absolute Gasteiger partial charge is 0.336 e. The Balaban J connectivity index is 1.96. The molecule has 0 spiro atoms. The van der Waals surface area contributed by atoms with E-state index in [1.54, 1.807) is 6.33 Å². The van der Waals surface area contributed by atoms with Gasteiger partial charge in [0, 0.05) is 13.2 Å². The number of fused-ring (bicyclic) bond motifs is 1. The molecule has 3 rings (SSSR count). The van der Waals surface area contributed by atoms with Crippen LogP contribution in [0.25, 0.3) is 10.8 Å². The number of imidazole rings is 1. The summed E-state index contributed by atoms with van der Waals surface area (Å²) < 4.78 is 1.98. The average molecular weight is 251 g/mol. The quantitative estimate of drug-likeness (QED) is 0.778. The molecule has 3 nitrogen and oxygen atoms in total. The van der Waals surface area contributed by atoms with E-state index in [2.05, 4.69) is 47.4 Å². The maximum atomic E-state index is 6.30. The zero-order valence-corrected chi connectivity index (χ0v) is 11.0. The van der Waals surface area contributed by atoms with E-state index in [1.807, 2.05) is 17.8 Å². The van der Waals surface area contributed by atoms with Crippen LogP contribution in [0.1, 0.15) is 17.3 Å². The average Bonchev–Trinajstić information content (AvgIpc) is 2.85. The summed E-state index contributed by atoms with van der Waals surface area (Å²) in [6.45, 7) is 0. The highest BCUT2D eigenvalue weighted by atomic mass is 15.0. The smallest absolute Gasteiger partial charge is 0.0946 e. The Morgan fingerprint density at radius 3 is 2.74 bits per heavy atom. The van der Waals surface area contributed by atoms with E-state index in [-0.39, 0.29) is 6.04 Å². The first kappa shape index (κ1) is 11.9. The summed E-state index contributed by atoms with van der Waals surface area (Å²) >= 11 is 0. The molecular formula is C16H17N3. The third-order valence-electron chi connectivity index (χ3n) is 3.55. The third kappa shape index (κ3) is 2.25. The van der Waals surface area contributed by atoms with Gasteiger partial charge in [-0.2, -0.15) is 0 Å². The number of hydrogen-bond acceptors (Lipinski definition) is 2. The van der Waals surface area contributed by atoms with Crippen molar-refractivity contribution < 1.29 is 0 Å². The predicted molar refractivity (Wildman–Crippen MR) is 77.8 cm³/mol. The molecule has 0 aliphatic rings. The van der Waals surface area contributed by atoms with Crippen molar-refractivity contribution in [2.75, 3.05) is 0 Å². The molecule has 0 radical (unpaired) electrons. The number of benzene rings is 2. The Morgan fingerprint density at radius 2 is 1.95 bits per heavy atom. The third-order valence-corrected chi connectivity index (χ3v) is 3.55. The number of rotatable bonds is 3. The van der Waals surface area contributed by atoms with Crippen LogP contribution in [0.15, 0.2) is 55.0 Å². The minimum absolute atomic E-state index is 0.0293. The first-order valence-corrected chi connectivity index (χ1v) is 6.44. The van der Waals surface area contributed by atoms with Crippen molar-refractivity contribution in [3.05, 3.63) is 66.2 Å². The van der Waals surface area contributed by atoms with E-state index in [9.17, 15) is 0 Å². The minimum Gasteiger partial charge on any atom is -0.336 e. The molecular weight excluding hydrogens is 234 g/mol. The van der Waals surface area contributed by atoms with Crippen molar-refractivity contribution in [1.82, 2.24) is 9.55 Å². The molecule has 3 heteroatoms. The van der Waals surface area contributed by atoms with Crippen LogP contribution in [0.3, 0.4) is 0 Å². The van der Waals surface area contributed by atoms with Gasteiger partial charge in [-0.25, -0.2) is 4.98 Å². The lowest BCUT2D eigenvalue weighted by atomic mass is 9.98. The van der Waals surface area contributed by atoms with Crippen LogP contribution < -0.4 is 5.73 Å². The van der Waals surface area contributed by atoms with Crippen LogP contribution in [0.5, 0.6) is 0 Å². The fourth-order valence-electron chi connectivity index (χ4n) is 2.54. The van der Waals surface area contributed by atoms with E-state index in [0.717, 1.165) is 12.1 Å². The summed E-state index contributed by atoms with van der Waals surface area (Å²) in [7, 11) is 1.98.